The first kappa shape index (κ1) is 13.8. The Morgan fingerprint density at radius 3 is 2.72 bits per heavy atom. The summed E-state index contributed by atoms with van der Waals surface area (Å²) in [6, 6.07) is 8.25. The standard InChI is InChI=1S/C14H19ClN2S/c1-10(18-3)8-9-17-13-7-5-4-6-12(13)16-14(17)11(2)15/h4-7,10-11H,8-9H2,1-3H3. The average molecular weight is 283 g/mol. The van der Waals surface area contributed by atoms with E-state index in [-0.39, 0.29) is 5.38 Å². The molecule has 0 aliphatic heterocycles. The molecule has 2 unspecified atom stereocenters. The molecule has 0 amide bonds. The SMILES string of the molecule is CSC(C)CCn1c(C(C)Cl)nc2ccccc21. The number of nitrogens with zero attached hydrogens (tertiary/aromatic N) is 2. The van der Waals surface area contributed by atoms with Gasteiger partial charge in [0.25, 0.3) is 0 Å². The minimum atomic E-state index is -0.0537. The highest BCUT2D eigenvalue weighted by Gasteiger charge is 2.14. The van der Waals surface area contributed by atoms with Crippen LogP contribution in [0.1, 0.15) is 31.5 Å². The minimum absolute atomic E-state index is 0.0537. The van der Waals surface area contributed by atoms with Crippen LogP contribution in [0.3, 0.4) is 0 Å². The van der Waals surface area contributed by atoms with Crippen LogP contribution in [0.15, 0.2) is 24.3 Å². The summed E-state index contributed by atoms with van der Waals surface area (Å²) < 4.78 is 2.26. The number of alkyl halides is 1. The van der Waals surface area contributed by atoms with Crippen LogP contribution in [-0.4, -0.2) is 21.1 Å². The zero-order chi connectivity index (χ0) is 13.1. The Balaban J connectivity index is 2.36. The average Bonchev–Trinajstić information content (AvgIpc) is 2.75. The van der Waals surface area contributed by atoms with Crippen molar-refractivity contribution in [2.24, 2.45) is 0 Å². The predicted octanol–water partition coefficient (Wildman–Crippen LogP) is 4.48. The van der Waals surface area contributed by atoms with E-state index >= 15 is 0 Å². The zero-order valence-electron chi connectivity index (χ0n) is 11.1. The van der Waals surface area contributed by atoms with Gasteiger partial charge in [0.2, 0.25) is 0 Å². The van der Waals surface area contributed by atoms with Crippen LogP contribution in [0.2, 0.25) is 0 Å². The molecule has 2 nitrogen and oxygen atoms in total. The summed E-state index contributed by atoms with van der Waals surface area (Å²) in [7, 11) is 0. The van der Waals surface area contributed by atoms with Crippen molar-refractivity contribution < 1.29 is 0 Å². The van der Waals surface area contributed by atoms with Crippen molar-refractivity contribution in [1.82, 2.24) is 9.55 Å². The van der Waals surface area contributed by atoms with Crippen LogP contribution >= 0.6 is 23.4 Å². The topological polar surface area (TPSA) is 17.8 Å². The molecular weight excluding hydrogens is 264 g/mol. The Morgan fingerprint density at radius 1 is 1.33 bits per heavy atom. The van der Waals surface area contributed by atoms with Crippen molar-refractivity contribution >= 4 is 34.4 Å². The summed E-state index contributed by atoms with van der Waals surface area (Å²) in [4.78, 5) is 4.64. The van der Waals surface area contributed by atoms with Crippen LogP contribution in [0.4, 0.5) is 0 Å². The van der Waals surface area contributed by atoms with Crippen molar-refractivity contribution in [3.63, 3.8) is 0 Å². The second kappa shape index (κ2) is 5.98. The van der Waals surface area contributed by atoms with Crippen LogP contribution in [0.5, 0.6) is 0 Å². The number of hydrogen-bond donors (Lipinski definition) is 0. The molecule has 2 rings (SSSR count). The smallest absolute Gasteiger partial charge is 0.127 e. The van der Waals surface area contributed by atoms with E-state index in [0.29, 0.717) is 5.25 Å². The molecule has 0 saturated carbocycles. The summed E-state index contributed by atoms with van der Waals surface area (Å²) in [6.45, 7) is 5.22. The Labute approximate surface area is 118 Å². The number of benzene rings is 1. The van der Waals surface area contributed by atoms with E-state index in [2.05, 4.69) is 34.9 Å². The number of halogens is 1. The molecule has 0 aliphatic carbocycles. The van der Waals surface area contributed by atoms with E-state index < -0.39 is 0 Å². The lowest BCUT2D eigenvalue weighted by Gasteiger charge is -2.13. The maximum absolute atomic E-state index is 6.24. The third-order valence-electron chi connectivity index (χ3n) is 3.20. The number of aryl methyl sites for hydroxylation is 1. The normalized spacial score (nSPS) is 14.9. The molecular formula is C14H19ClN2S. The number of hydrogen-bond acceptors (Lipinski definition) is 2. The van der Waals surface area contributed by atoms with Crippen LogP contribution in [-0.2, 0) is 6.54 Å². The Kier molecular flexibility index (Phi) is 4.57. The lowest BCUT2D eigenvalue weighted by Crippen LogP contribution is -2.08. The second-order valence-corrected chi connectivity index (χ2v) is 6.49. The first-order chi connectivity index (χ1) is 8.63. The maximum Gasteiger partial charge on any atom is 0.127 e. The van der Waals surface area contributed by atoms with Gasteiger partial charge in [-0.15, -0.1) is 11.6 Å². The summed E-state index contributed by atoms with van der Waals surface area (Å²) in [5.41, 5.74) is 2.23. The molecule has 4 heteroatoms. The van der Waals surface area contributed by atoms with E-state index in [1.807, 2.05) is 30.8 Å². The van der Waals surface area contributed by atoms with Gasteiger partial charge in [-0.25, -0.2) is 4.98 Å². The Hall–Kier alpha value is -0.670. The molecule has 2 atom stereocenters. The number of fused-ring (bicyclic) bond motifs is 1. The van der Waals surface area contributed by atoms with Crippen molar-refractivity contribution in [1.29, 1.82) is 0 Å². The van der Waals surface area contributed by atoms with Gasteiger partial charge in [-0.2, -0.15) is 11.8 Å². The summed E-state index contributed by atoms with van der Waals surface area (Å²) >= 11 is 8.14. The lowest BCUT2D eigenvalue weighted by atomic mass is 10.3. The van der Waals surface area contributed by atoms with Gasteiger partial charge in [0.15, 0.2) is 0 Å². The fourth-order valence-corrected chi connectivity index (χ4v) is 2.57. The van der Waals surface area contributed by atoms with Crippen LogP contribution < -0.4 is 0 Å². The Bertz CT molecular complexity index is 521. The first-order valence-electron chi connectivity index (χ1n) is 6.25. The quantitative estimate of drug-likeness (QED) is 0.753. The molecule has 0 bridgehead atoms. The summed E-state index contributed by atoms with van der Waals surface area (Å²) in [5, 5.41) is 0.603. The van der Waals surface area contributed by atoms with E-state index in [4.69, 9.17) is 11.6 Å². The van der Waals surface area contributed by atoms with Gasteiger partial charge in [-0.3, -0.25) is 0 Å². The van der Waals surface area contributed by atoms with Crippen molar-refractivity contribution in [2.45, 2.75) is 37.4 Å². The minimum Gasteiger partial charge on any atom is -0.327 e. The van der Waals surface area contributed by atoms with Gasteiger partial charge < -0.3 is 4.57 Å². The molecule has 0 fully saturated rings. The maximum atomic E-state index is 6.24. The third kappa shape index (κ3) is 2.83. The fourth-order valence-electron chi connectivity index (χ4n) is 2.06. The van der Waals surface area contributed by atoms with Gasteiger partial charge >= 0.3 is 0 Å². The molecule has 98 valence electrons. The van der Waals surface area contributed by atoms with Crippen LogP contribution in [0, 0.1) is 0 Å². The summed E-state index contributed by atoms with van der Waals surface area (Å²) in [6.07, 6.45) is 3.29. The number of aromatic nitrogens is 2. The van der Waals surface area contributed by atoms with E-state index in [1.165, 1.54) is 5.52 Å². The van der Waals surface area contributed by atoms with E-state index in [0.717, 1.165) is 24.3 Å². The molecule has 0 aliphatic rings. The van der Waals surface area contributed by atoms with E-state index in [9.17, 15) is 0 Å². The molecule has 1 aromatic heterocycles. The van der Waals surface area contributed by atoms with Gasteiger partial charge in [-0.05, 0) is 31.7 Å². The van der Waals surface area contributed by atoms with Crippen LogP contribution in [0.25, 0.3) is 11.0 Å². The highest BCUT2D eigenvalue weighted by molar-refractivity contribution is 7.99. The first-order valence-corrected chi connectivity index (χ1v) is 7.98. The monoisotopic (exact) mass is 282 g/mol. The largest absolute Gasteiger partial charge is 0.327 e. The number of para-hydroxylation sites is 2. The molecule has 1 heterocycles. The molecule has 18 heavy (non-hydrogen) atoms. The zero-order valence-corrected chi connectivity index (χ0v) is 12.6. The highest BCUT2D eigenvalue weighted by Crippen LogP contribution is 2.25. The van der Waals surface area contributed by atoms with Gasteiger partial charge in [0, 0.05) is 11.8 Å². The van der Waals surface area contributed by atoms with Crippen molar-refractivity contribution in [3.8, 4) is 0 Å². The lowest BCUT2D eigenvalue weighted by molar-refractivity contribution is 0.623. The fraction of sp³-hybridized carbons (Fsp3) is 0.500. The second-order valence-electron chi connectivity index (χ2n) is 4.56. The number of thioether (sulfide) groups is 1. The number of imidazole rings is 1. The van der Waals surface area contributed by atoms with Gasteiger partial charge in [-0.1, -0.05) is 19.1 Å². The molecule has 2 aromatic rings. The van der Waals surface area contributed by atoms with Crippen molar-refractivity contribution in [3.05, 3.63) is 30.1 Å². The predicted molar refractivity (Wildman–Crippen MR) is 81.6 cm³/mol. The van der Waals surface area contributed by atoms with E-state index in [1.54, 1.807) is 0 Å². The number of rotatable bonds is 5. The molecule has 0 spiro atoms. The molecule has 0 N–H and O–H groups in total. The summed E-state index contributed by atoms with van der Waals surface area (Å²) in [5.74, 6) is 0.978. The molecule has 0 saturated heterocycles. The molecule has 1 aromatic carbocycles. The van der Waals surface area contributed by atoms with Gasteiger partial charge in [0.1, 0.15) is 5.82 Å². The highest BCUT2D eigenvalue weighted by atomic mass is 35.5. The van der Waals surface area contributed by atoms with Crippen molar-refractivity contribution in [2.75, 3.05) is 6.26 Å². The molecule has 0 radical (unpaired) electrons. The Morgan fingerprint density at radius 2 is 2.06 bits per heavy atom. The van der Waals surface area contributed by atoms with Gasteiger partial charge in [0.05, 0.1) is 16.4 Å². The third-order valence-corrected chi connectivity index (χ3v) is 4.44.